The topological polar surface area (TPSA) is 102 Å². The van der Waals surface area contributed by atoms with Crippen LogP contribution >= 0.6 is 0 Å². The second-order valence-corrected chi connectivity index (χ2v) is 8.35. The van der Waals surface area contributed by atoms with E-state index in [9.17, 15) is 8.42 Å². The van der Waals surface area contributed by atoms with Gasteiger partial charge in [0.25, 0.3) is 0 Å². The van der Waals surface area contributed by atoms with Gasteiger partial charge in [0.2, 0.25) is 0 Å². The monoisotopic (exact) mass is 378 g/mol. The van der Waals surface area contributed by atoms with Crippen LogP contribution in [0.2, 0.25) is 0 Å². The van der Waals surface area contributed by atoms with Gasteiger partial charge >= 0.3 is 0 Å². The summed E-state index contributed by atoms with van der Waals surface area (Å²) < 4.78 is 33.9. The van der Waals surface area contributed by atoms with E-state index in [4.69, 9.17) is 9.47 Å². The maximum Gasteiger partial charge on any atom is 0.152 e. The van der Waals surface area contributed by atoms with Gasteiger partial charge in [-0.25, -0.2) is 18.4 Å². The maximum absolute atomic E-state index is 11.6. The van der Waals surface area contributed by atoms with Crippen LogP contribution in [0.5, 0.6) is 11.5 Å². The third-order valence-corrected chi connectivity index (χ3v) is 5.86. The largest absolute Gasteiger partial charge is 0.497 e. The first kappa shape index (κ1) is 18.2. The molecule has 26 heavy (non-hydrogen) atoms. The van der Waals surface area contributed by atoms with E-state index in [0.29, 0.717) is 41.1 Å². The first-order valence-corrected chi connectivity index (χ1v) is 10.0. The van der Waals surface area contributed by atoms with E-state index >= 15 is 0 Å². The molecule has 0 radical (unpaired) electrons. The quantitative estimate of drug-likeness (QED) is 0.788. The highest BCUT2D eigenvalue weighted by atomic mass is 32.2. The Morgan fingerprint density at radius 3 is 2.54 bits per heavy atom. The Morgan fingerprint density at radius 2 is 1.88 bits per heavy atom. The molecule has 0 bridgehead atoms. The second kappa shape index (κ2) is 7.36. The van der Waals surface area contributed by atoms with E-state index in [1.54, 1.807) is 33.3 Å². The molecular weight excluding hydrogens is 356 g/mol. The number of hydrogen-bond donors (Lipinski definition) is 2. The van der Waals surface area contributed by atoms with Crippen molar-refractivity contribution in [3.8, 4) is 11.5 Å². The smallest absolute Gasteiger partial charge is 0.152 e. The second-order valence-electron chi connectivity index (χ2n) is 6.12. The van der Waals surface area contributed by atoms with Crippen LogP contribution in [0.15, 0.2) is 24.3 Å². The lowest BCUT2D eigenvalue weighted by atomic mass is 10.2. The molecule has 1 fully saturated rings. The van der Waals surface area contributed by atoms with Crippen LogP contribution in [-0.2, 0) is 9.84 Å². The molecule has 9 heteroatoms. The summed E-state index contributed by atoms with van der Waals surface area (Å²) in [6.45, 7) is 1.78. The summed E-state index contributed by atoms with van der Waals surface area (Å²) in [4.78, 5) is 8.74. The molecule has 0 saturated carbocycles. The predicted molar refractivity (Wildman–Crippen MR) is 100 cm³/mol. The highest BCUT2D eigenvalue weighted by Crippen LogP contribution is 2.31. The Balaban J connectivity index is 1.82. The Labute approximate surface area is 152 Å². The normalized spacial score (nSPS) is 18.3. The van der Waals surface area contributed by atoms with Crippen molar-refractivity contribution in [1.82, 2.24) is 9.97 Å². The zero-order valence-electron chi connectivity index (χ0n) is 14.9. The van der Waals surface area contributed by atoms with Crippen molar-refractivity contribution in [2.45, 2.75) is 19.4 Å². The molecule has 1 unspecified atom stereocenters. The molecule has 0 amide bonds. The average molecular weight is 378 g/mol. The minimum atomic E-state index is -2.95. The number of hydrogen-bond acceptors (Lipinski definition) is 8. The highest BCUT2D eigenvalue weighted by molar-refractivity contribution is 7.91. The maximum atomic E-state index is 11.6. The molecule has 1 aromatic heterocycles. The number of nitrogens with one attached hydrogen (secondary N) is 2. The van der Waals surface area contributed by atoms with Gasteiger partial charge in [0, 0.05) is 18.2 Å². The number of aromatic nitrogens is 2. The summed E-state index contributed by atoms with van der Waals surface area (Å²) >= 11 is 0. The van der Waals surface area contributed by atoms with Gasteiger partial charge in [-0.15, -0.1) is 0 Å². The summed E-state index contributed by atoms with van der Waals surface area (Å²) in [5.74, 6) is 3.41. The molecule has 1 aliphatic heterocycles. The molecule has 2 N–H and O–H groups in total. The van der Waals surface area contributed by atoms with E-state index in [-0.39, 0.29) is 17.5 Å². The molecule has 3 rings (SSSR count). The summed E-state index contributed by atoms with van der Waals surface area (Å²) in [6, 6.07) is 7.04. The molecule has 2 heterocycles. The predicted octanol–water partition coefficient (Wildman–Crippen LogP) is 2.14. The molecule has 0 aliphatic carbocycles. The Morgan fingerprint density at radius 1 is 1.12 bits per heavy atom. The van der Waals surface area contributed by atoms with Crippen LogP contribution < -0.4 is 20.1 Å². The van der Waals surface area contributed by atoms with Crippen molar-refractivity contribution < 1.29 is 17.9 Å². The minimum Gasteiger partial charge on any atom is -0.497 e. The molecule has 1 atom stereocenters. The molecule has 1 saturated heterocycles. The van der Waals surface area contributed by atoms with Crippen molar-refractivity contribution in [2.24, 2.45) is 0 Å². The van der Waals surface area contributed by atoms with Gasteiger partial charge in [-0.3, -0.25) is 0 Å². The summed E-state index contributed by atoms with van der Waals surface area (Å²) in [5, 5.41) is 6.39. The molecule has 2 aromatic rings. The fraction of sp³-hybridized carbons (Fsp3) is 0.412. The minimum absolute atomic E-state index is 0.127. The zero-order chi connectivity index (χ0) is 18.7. The van der Waals surface area contributed by atoms with Crippen LogP contribution in [0.3, 0.4) is 0 Å². The van der Waals surface area contributed by atoms with Crippen molar-refractivity contribution >= 4 is 27.2 Å². The Bertz CT molecular complexity index is 902. The van der Waals surface area contributed by atoms with Crippen molar-refractivity contribution in [1.29, 1.82) is 0 Å². The lowest BCUT2D eigenvalue weighted by Gasteiger charge is -2.15. The molecule has 8 nitrogen and oxygen atoms in total. The first-order valence-electron chi connectivity index (χ1n) is 8.20. The van der Waals surface area contributed by atoms with Gasteiger partial charge in [-0.1, -0.05) is 0 Å². The molecule has 0 spiro atoms. The summed E-state index contributed by atoms with van der Waals surface area (Å²) in [5.41, 5.74) is 0.708. The van der Waals surface area contributed by atoms with Crippen molar-refractivity contribution in [3.05, 3.63) is 30.1 Å². The number of sulfone groups is 1. The van der Waals surface area contributed by atoms with Crippen LogP contribution in [0.25, 0.3) is 0 Å². The Hall–Kier alpha value is -2.55. The Kier molecular flexibility index (Phi) is 5.17. The highest BCUT2D eigenvalue weighted by Gasteiger charge is 2.28. The lowest BCUT2D eigenvalue weighted by Crippen LogP contribution is -2.21. The molecular formula is C17H22N4O4S. The third kappa shape index (κ3) is 4.34. The van der Waals surface area contributed by atoms with E-state index in [0.717, 1.165) is 0 Å². The van der Waals surface area contributed by atoms with Crippen LogP contribution in [0, 0.1) is 6.92 Å². The van der Waals surface area contributed by atoms with Crippen LogP contribution in [0.1, 0.15) is 12.2 Å². The number of aryl methyl sites for hydroxylation is 1. The summed E-state index contributed by atoms with van der Waals surface area (Å²) in [6.07, 6.45) is 0.581. The van der Waals surface area contributed by atoms with Crippen molar-refractivity contribution in [2.75, 3.05) is 36.4 Å². The number of ether oxygens (including phenoxy) is 2. The van der Waals surface area contributed by atoms with Gasteiger partial charge in [-0.2, -0.15) is 0 Å². The summed E-state index contributed by atoms with van der Waals surface area (Å²) in [7, 11) is 0.231. The molecule has 1 aliphatic rings. The molecule has 140 valence electrons. The lowest BCUT2D eigenvalue weighted by molar-refractivity contribution is 0.405. The van der Waals surface area contributed by atoms with Crippen LogP contribution in [0.4, 0.5) is 17.3 Å². The first-order chi connectivity index (χ1) is 12.4. The van der Waals surface area contributed by atoms with Gasteiger partial charge < -0.3 is 20.1 Å². The SMILES string of the molecule is COc1ccc(OC)c(Nc2cc(NC3CCS(=O)(=O)C3)nc(C)n2)c1. The number of anilines is 3. The fourth-order valence-corrected chi connectivity index (χ4v) is 4.55. The van der Waals surface area contributed by atoms with Gasteiger partial charge in [0.1, 0.15) is 29.0 Å². The number of benzene rings is 1. The molecule has 1 aromatic carbocycles. The van der Waals surface area contributed by atoms with Crippen LogP contribution in [-0.4, -0.2) is 50.2 Å². The average Bonchev–Trinajstić information content (AvgIpc) is 2.92. The fourth-order valence-electron chi connectivity index (χ4n) is 2.87. The van der Waals surface area contributed by atoms with E-state index in [1.165, 1.54) is 0 Å². The number of nitrogens with zero attached hydrogens (tertiary/aromatic N) is 2. The number of methoxy groups -OCH3 is 2. The van der Waals surface area contributed by atoms with E-state index in [2.05, 4.69) is 20.6 Å². The zero-order valence-corrected chi connectivity index (χ0v) is 15.8. The van der Waals surface area contributed by atoms with Crippen molar-refractivity contribution in [3.63, 3.8) is 0 Å². The third-order valence-electron chi connectivity index (χ3n) is 4.09. The van der Waals surface area contributed by atoms with Gasteiger partial charge in [-0.05, 0) is 25.5 Å². The van der Waals surface area contributed by atoms with Gasteiger partial charge in [0.05, 0.1) is 31.4 Å². The number of rotatable bonds is 6. The van der Waals surface area contributed by atoms with E-state index in [1.807, 2.05) is 12.1 Å². The van der Waals surface area contributed by atoms with Gasteiger partial charge in [0.15, 0.2) is 9.84 Å². The van der Waals surface area contributed by atoms with E-state index < -0.39 is 9.84 Å². The standard InChI is InChI=1S/C17H22N4O4S/c1-11-18-16(20-12-6-7-26(22,23)10-12)9-17(19-11)21-14-8-13(24-2)4-5-15(14)25-3/h4-5,8-9,12H,6-7,10H2,1-3H3,(H2,18,19,20,21).